The molecule has 7 fully saturated rings. The molecule has 0 aliphatic carbocycles. The van der Waals surface area contributed by atoms with Crippen molar-refractivity contribution in [1.82, 2.24) is 0 Å². The van der Waals surface area contributed by atoms with E-state index < -0.39 is 216 Å². The van der Waals surface area contributed by atoms with Gasteiger partial charge in [-0.25, -0.2) is 0 Å². The molecule has 7 aliphatic heterocycles. The van der Waals surface area contributed by atoms with E-state index >= 15 is 0 Å². The monoisotopic (exact) mass is 1220 g/mol. The Hall–Kier alpha value is -1.98. The van der Waals surface area contributed by atoms with Crippen LogP contribution < -0.4 is 0 Å². The zero-order chi connectivity index (χ0) is 61.6. The summed E-state index contributed by atoms with van der Waals surface area (Å²) >= 11 is 0. The molecule has 7 rings (SSSR count). The summed E-state index contributed by atoms with van der Waals surface area (Å²) in [5.41, 5.74) is 3.46. The normalized spacial score (nSPS) is 48.2. The lowest BCUT2D eigenvalue weighted by Crippen LogP contribution is -2.66. The number of aliphatic hydroxyl groups excluding tert-OH is 16. The van der Waals surface area contributed by atoms with E-state index in [4.69, 9.17) is 66.3 Å². The van der Waals surface area contributed by atoms with Gasteiger partial charge in [-0.05, 0) is 74.1 Å². The van der Waals surface area contributed by atoms with Crippen LogP contribution in [0.1, 0.15) is 74.1 Å². The van der Waals surface area contributed by atoms with Crippen LogP contribution in [0.25, 0.3) is 0 Å². The zero-order valence-electron chi connectivity index (χ0n) is 47.9. The summed E-state index contributed by atoms with van der Waals surface area (Å²) in [5, 5.41) is 174. The van der Waals surface area contributed by atoms with E-state index in [9.17, 15) is 81.7 Å². The Labute approximate surface area is 485 Å². The van der Waals surface area contributed by atoms with E-state index in [2.05, 4.69) is 32.9 Å². The number of aliphatic hydroxyl groups is 16. The summed E-state index contributed by atoms with van der Waals surface area (Å²) in [7, 11) is 0. The Morgan fingerprint density at radius 3 is 1.40 bits per heavy atom. The third-order valence-electron chi connectivity index (χ3n) is 16.1. The molecule has 7 heterocycles. The van der Waals surface area contributed by atoms with Crippen LogP contribution in [0.15, 0.2) is 34.9 Å². The molecule has 0 spiro atoms. The van der Waals surface area contributed by atoms with Gasteiger partial charge >= 0.3 is 0 Å². The molecule has 0 radical (unpaired) electrons. The summed E-state index contributed by atoms with van der Waals surface area (Å²) in [6, 6.07) is 0. The molecule has 0 aromatic carbocycles. The molecule has 7 saturated heterocycles. The minimum absolute atomic E-state index is 0.0917. The van der Waals surface area contributed by atoms with Crippen LogP contribution in [0.4, 0.5) is 0 Å². The minimum atomic E-state index is -2.00. The first-order valence-electron chi connectivity index (χ1n) is 28.5. The van der Waals surface area contributed by atoms with Crippen LogP contribution in [0.2, 0.25) is 0 Å². The van der Waals surface area contributed by atoms with E-state index in [0.29, 0.717) is 6.42 Å². The molecule has 16 N–H and O–H groups in total. The second kappa shape index (κ2) is 31.2. The predicted octanol–water partition coefficient (Wildman–Crippen LogP) is -5.83. The van der Waals surface area contributed by atoms with Crippen LogP contribution in [-0.4, -0.2) is 311 Å². The van der Waals surface area contributed by atoms with Crippen molar-refractivity contribution in [3.8, 4) is 0 Å². The Morgan fingerprint density at radius 1 is 0.369 bits per heavy atom. The summed E-state index contributed by atoms with van der Waals surface area (Å²) in [6.07, 6.45) is -41.8. The van der Waals surface area contributed by atoms with E-state index in [1.54, 1.807) is 6.08 Å². The van der Waals surface area contributed by atoms with Gasteiger partial charge in [0.05, 0.1) is 51.3 Å². The Kier molecular flexibility index (Phi) is 25.8. The first-order chi connectivity index (χ1) is 39.7. The Morgan fingerprint density at radius 2 is 0.810 bits per heavy atom. The fraction of sp³-hybridized carbons (Fsp3) is 0.889. The molecule has 0 bridgehead atoms. The smallest absolute Gasteiger partial charge is 0.187 e. The van der Waals surface area contributed by atoms with Crippen molar-refractivity contribution in [2.45, 2.75) is 271 Å². The van der Waals surface area contributed by atoms with Gasteiger partial charge in [0.25, 0.3) is 0 Å². The van der Waals surface area contributed by atoms with Gasteiger partial charge in [-0.3, -0.25) is 0 Å². The van der Waals surface area contributed by atoms with Crippen LogP contribution in [0.5, 0.6) is 0 Å². The van der Waals surface area contributed by atoms with Crippen molar-refractivity contribution in [2.75, 3.05) is 33.0 Å². The SMILES string of the molecule is CC(C)=CCC/C(C)=C/CC/C(C)=C/COC1OC(COC2OCC(OC3OCC(O)C(O)C3O)C(O)C2O)C(O)C(OC2OC(C)C(OC3OC(C)C(OC4OCC(OC5OC(C)C(O)C(O)C5O)C(O)C4O)C(O)C3O)C(O)C2O)C1O. The van der Waals surface area contributed by atoms with Crippen molar-refractivity contribution in [1.29, 1.82) is 0 Å². The summed E-state index contributed by atoms with van der Waals surface area (Å²) in [4.78, 5) is 0. The van der Waals surface area contributed by atoms with Crippen LogP contribution in [-0.2, 0) is 66.3 Å². The highest BCUT2D eigenvalue weighted by atomic mass is 16.8. The molecular formula is C54H90O30. The maximum atomic E-state index is 11.8. The van der Waals surface area contributed by atoms with Gasteiger partial charge in [-0.15, -0.1) is 0 Å². The third kappa shape index (κ3) is 16.9. The van der Waals surface area contributed by atoms with Crippen molar-refractivity contribution < 1.29 is 148 Å². The lowest BCUT2D eigenvalue weighted by atomic mass is 9.96. The van der Waals surface area contributed by atoms with E-state index in [0.717, 1.165) is 24.8 Å². The van der Waals surface area contributed by atoms with Gasteiger partial charge in [0.15, 0.2) is 44.0 Å². The van der Waals surface area contributed by atoms with Crippen molar-refractivity contribution in [2.24, 2.45) is 0 Å². The van der Waals surface area contributed by atoms with Crippen LogP contribution in [0.3, 0.4) is 0 Å². The molecule has 30 nitrogen and oxygen atoms in total. The third-order valence-corrected chi connectivity index (χ3v) is 16.1. The molecule has 486 valence electrons. The quantitative estimate of drug-likeness (QED) is 0.0449. The number of hydrogen-bond donors (Lipinski definition) is 16. The average Bonchev–Trinajstić information content (AvgIpc) is 2.19. The number of allylic oxidation sites excluding steroid dienone is 5. The fourth-order valence-electron chi connectivity index (χ4n) is 10.6. The average molecular weight is 1220 g/mol. The molecule has 0 aromatic rings. The first kappa shape index (κ1) is 69.5. The Bertz CT molecular complexity index is 2100. The highest BCUT2D eigenvalue weighted by Crippen LogP contribution is 2.36. The van der Waals surface area contributed by atoms with Crippen molar-refractivity contribution >= 4 is 0 Å². The summed E-state index contributed by atoms with van der Waals surface area (Å²) < 4.78 is 80.4. The van der Waals surface area contributed by atoms with E-state index in [1.165, 1.54) is 31.9 Å². The summed E-state index contributed by atoms with van der Waals surface area (Å²) in [5.74, 6) is 0. The number of ether oxygens (including phenoxy) is 14. The summed E-state index contributed by atoms with van der Waals surface area (Å²) in [6.45, 7) is 10.3. The predicted molar refractivity (Wildman–Crippen MR) is 279 cm³/mol. The largest absolute Gasteiger partial charge is 0.388 e. The van der Waals surface area contributed by atoms with Gasteiger partial charge in [0.1, 0.15) is 134 Å². The topological polar surface area (TPSA) is 453 Å². The maximum absolute atomic E-state index is 11.8. The fourth-order valence-corrected chi connectivity index (χ4v) is 10.6. The minimum Gasteiger partial charge on any atom is -0.388 e. The molecular weight excluding hydrogens is 1130 g/mol. The molecule has 0 aromatic heterocycles. The standard InChI is InChI=1S/C54H90O30/c1-20(2)10-8-11-21(3)12-9-13-22(4)14-15-71-51-44(70)47(34(60)29(80-51)19-74-48-39(65)32(58)27(17-73-48)79-49-38(64)31(57)26(55)16-72-49)84-54-43(69)37(63)46(25(7)78-54)83-53-42(68)36(62)45(24(6)77-53)82-50-40(66)33(59)28(18-75-50)81-52-41(67)35(61)30(56)23(5)76-52/h10,12,14,23-70H,8-9,11,13,15-19H2,1-7H3/b21-12+,22-14+. The van der Waals surface area contributed by atoms with Gasteiger partial charge < -0.3 is 148 Å². The van der Waals surface area contributed by atoms with Gasteiger partial charge in [-0.1, -0.05) is 34.9 Å². The van der Waals surface area contributed by atoms with Crippen LogP contribution in [0, 0.1) is 0 Å². The Balaban J connectivity index is 0.954. The molecule has 7 aliphatic rings. The van der Waals surface area contributed by atoms with Gasteiger partial charge in [0, 0.05) is 0 Å². The molecule has 84 heavy (non-hydrogen) atoms. The molecule has 32 unspecified atom stereocenters. The molecule has 30 heteroatoms. The number of hydrogen-bond acceptors (Lipinski definition) is 30. The maximum Gasteiger partial charge on any atom is 0.187 e. The van der Waals surface area contributed by atoms with Crippen LogP contribution >= 0.6 is 0 Å². The lowest BCUT2D eigenvalue weighted by molar-refractivity contribution is -0.384. The second-order valence-electron chi connectivity index (χ2n) is 23.0. The molecule has 0 amide bonds. The number of rotatable bonds is 22. The van der Waals surface area contributed by atoms with Gasteiger partial charge in [-0.2, -0.15) is 0 Å². The van der Waals surface area contributed by atoms with Crippen molar-refractivity contribution in [3.63, 3.8) is 0 Å². The molecule has 0 saturated carbocycles. The lowest BCUT2D eigenvalue weighted by Gasteiger charge is -2.48. The van der Waals surface area contributed by atoms with Crippen molar-refractivity contribution in [3.05, 3.63) is 34.9 Å². The van der Waals surface area contributed by atoms with E-state index in [-0.39, 0.29) is 13.2 Å². The zero-order valence-corrected chi connectivity index (χ0v) is 47.9. The second-order valence-corrected chi connectivity index (χ2v) is 23.0. The first-order valence-corrected chi connectivity index (χ1v) is 28.5. The van der Waals surface area contributed by atoms with E-state index in [1.807, 2.05) is 6.92 Å². The highest BCUT2D eigenvalue weighted by Gasteiger charge is 2.55. The highest BCUT2D eigenvalue weighted by molar-refractivity contribution is 5.06. The van der Waals surface area contributed by atoms with Gasteiger partial charge in [0.2, 0.25) is 0 Å². The molecule has 32 atom stereocenters.